The molecule has 0 radical (unpaired) electrons. The fourth-order valence-electron chi connectivity index (χ4n) is 5.04. The number of benzene rings is 2. The topological polar surface area (TPSA) is 68.3 Å². The molecule has 0 aliphatic carbocycles. The molecule has 7 heteroatoms. The molecule has 226 valence electrons. The number of nitrogens with zero attached hydrogens (tertiary/aromatic N) is 2. The summed E-state index contributed by atoms with van der Waals surface area (Å²) in [6, 6.07) is 20.0. The van der Waals surface area contributed by atoms with E-state index >= 15 is 0 Å². The van der Waals surface area contributed by atoms with Crippen LogP contribution in [0.15, 0.2) is 72.5 Å². The van der Waals surface area contributed by atoms with Gasteiger partial charge in [0, 0.05) is 25.2 Å². The molecule has 0 saturated heterocycles. The number of hydrogen-bond acceptors (Lipinski definition) is 6. The van der Waals surface area contributed by atoms with E-state index in [1.54, 1.807) is 4.90 Å². The molecule has 41 heavy (non-hydrogen) atoms. The van der Waals surface area contributed by atoms with Crippen molar-refractivity contribution >= 4 is 12.2 Å². The van der Waals surface area contributed by atoms with Crippen LogP contribution in [-0.4, -0.2) is 53.4 Å². The maximum Gasteiger partial charge on any atom is 0.513 e. The first-order chi connectivity index (χ1) is 19.4. The summed E-state index contributed by atoms with van der Waals surface area (Å²) in [5.74, 6) is 0.572. The Balaban J connectivity index is 2.72. The van der Waals surface area contributed by atoms with Crippen molar-refractivity contribution in [3.63, 3.8) is 0 Å². The van der Waals surface area contributed by atoms with Gasteiger partial charge in [0.2, 0.25) is 0 Å². The molecule has 0 heterocycles. The van der Waals surface area contributed by atoms with Crippen molar-refractivity contribution in [1.82, 2.24) is 9.80 Å². The van der Waals surface area contributed by atoms with E-state index in [0.29, 0.717) is 19.5 Å². The molecular weight excluding hydrogens is 516 g/mol. The van der Waals surface area contributed by atoms with Crippen LogP contribution in [0.3, 0.4) is 0 Å². The molecule has 2 aromatic carbocycles. The van der Waals surface area contributed by atoms with E-state index < -0.39 is 18.4 Å². The average molecular weight is 567 g/mol. The molecule has 0 bridgehead atoms. The zero-order valence-electron chi connectivity index (χ0n) is 26.4. The van der Waals surface area contributed by atoms with Gasteiger partial charge in [0.1, 0.15) is 5.76 Å². The Kier molecular flexibility index (Phi) is 13.9. The third-order valence-corrected chi connectivity index (χ3v) is 6.69. The molecule has 7 nitrogen and oxygen atoms in total. The minimum absolute atomic E-state index is 0.0264. The molecule has 0 aliphatic rings. The largest absolute Gasteiger partial charge is 0.513 e. The van der Waals surface area contributed by atoms with Crippen molar-refractivity contribution in [2.24, 2.45) is 11.8 Å². The maximum atomic E-state index is 13.8. The first-order valence-corrected chi connectivity index (χ1v) is 14.7. The van der Waals surface area contributed by atoms with Gasteiger partial charge in [-0.1, -0.05) is 88.4 Å². The van der Waals surface area contributed by atoms with Gasteiger partial charge < -0.3 is 19.1 Å². The van der Waals surface area contributed by atoms with E-state index in [-0.39, 0.29) is 35.7 Å². The molecule has 2 rings (SSSR count). The highest BCUT2D eigenvalue weighted by atomic mass is 16.7. The molecule has 0 fully saturated rings. The summed E-state index contributed by atoms with van der Waals surface area (Å²) < 4.78 is 17.1. The van der Waals surface area contributed by atoms with Crippen molar-refractivity contribution in [2.45, 2.75) is 99.1 Å². The summed E-state index contributed by atoms with van der Waals surface area (Å²) in [5, 5.41) is 0. The predicted molar refractivity (Wildman–Crippen MR) is 164 cm³/mol. The number of methoxy groups -OCH3 is 1. The van der Waals surface area contributed by atoms with Gasteiger partial charge in [0.15, 0.2) is 6.10 Å². The minimum atomic E-state index is -0.862. The summed E-state index contributed by atoms with van der Waals surface area (Å²) in [6.07, 6.45) is 0.389. The first-order valence-electron chi connectivity index (χ1n) is 14.7. The first kappa shape index (κ1) is 33.9. The molecule has 0 spiro atoms. The molecule has 0 aromatic heterocycles. The van der Waals surface area contributed by atoms with Crippen LogP contribution in [0, 0.1) is 11.8 Å². The summed E-state index contributed by atoms with van der Waals surface area (Å²) >= 11 is 0. The Morgan fingerprint density at radius 2 is 1.27 bits per heavy atom. The lowest BCUT2D eigenvalue weighted by atomic mass is 9.94. The summed E-state index contributed by atoms with van der Waals surface area (Å²) in [7, 11) is 1.28. The summed E-state index contributed by atoms with van der Waals surface area (Å²) in [4.78, 5) is 30.3. The molecule has 2 atom stereocenters. The highest BCUT2D eigenvalue weighted by Gasteiger charge is 2.38. The van der Waals surface area contributed by atoms with E-state index in [2.05, 4.69) is 43.0 Å². The minimum Gasteiger partial charge on any atom is -0.437 e. The zero-order chi connectivity index (χ0) is 30.5. The third kappa shape index (κ3) is 11.2. The monoisotopic (exact) mass is 566 g/mol. The molecule has 1 amide bonds. The van der Waals surface area contributed by atoms with Crippen molar-refractivity contribution in [3.8, 4) is 0 Å². The normalized spacial score (nSPS) is 13.6. The van der Waals surface area contributed by atoms with Crippen LogP contribution < -0.4 is 0 Å². The number of carbonyl (C=O) groups excluding carboxylic acids is 2. The summed E-state index contributed by atoms with van der Waals surface area (Å²) in [6.45, 7) is 17.4. The van der Waals surface area contributed by atoms with Crippen LogP contribution in [0.25, 0.3) is 0 Å². The maximum absolute atomic E-state index is 13.8. The molecule has 0 aliphatic heterocycles. The molecular formula is C34H50N2O5. The predicted octanol–water partition coefficient (Wildman–Crippen LogP) is 8.05. The van der Waals surface area contributed by atoms with E-state index in [1.807, 2.05) is 84.0 Å². The van der Waals surface area contributed by atoms with Crippen LogP contribution in [0.5, 0.6) is 0 Å². The standard InChI is InChI=1S/C34H50N2O5/c1-24(2)20-30(35(22-28-16-12-10-13-17-28)23-29-18-14-11-15-19-29)32(31(21-25(3)4)40-34(38)39-9)41-33(37)36(26(5)6)27(7)8/h10-19,21,24-27,30,32H,20,22-23H2,1-9H3/b31-21-/t30-,32-/m0/s1. The van der Waals surface area contributed by atoms with Gasteiger partial charge in [-0.2, -0.15) is 0 Å². The second kappa shape index (κ2) is 16.8. The quantitative estimate of drug-likeness (QED) is 0.170. The molecule has 0 saturated carbocycles. The lowest BCUT2D eigenvalue weighted by Crippen LogP contribution is -2.50. The smallest absolute Gasteiger partial charge is 0.437 e. The van der Waals surface area contributed by atoms with Crippen molar-refractivity contribution in [1.29, 1.82) is 0 Å². The number of hydrogen-bond donors (Lipinski definition) is 0. The highest BCUT2D eigenvalue weighted by molar-refractivity contribution is 5.69. The van der Waals surface area contributed by atoms with Crippen LogP contribution in [-0.2, 0) is 27.3 Å². The number of amides is 1. The van der Waals surface area contributed by atoms with Crippen LogP contribution in [0.4, 0.5) is 9.59 Å². The van der Waals surface area contributed by atoms with E-state index in [1.165, 1.54) is 7.11 Å². The van der Waals surface area contributed by atoms with Crippen LogP contribution in [0.2, 0.25) is 0 Å². The van der Waals surface area contributed by atoms with E-state index in [9.17, 15) is 9.59 Å². The number of carbonyl (C=O) groups is 2. The second-order valence-corrected chi connectivity index (χ2v) is 11.8. The zero-order valence-corrected chi connectivity index (χ0v) is 26.4. The lowest BCUT2D eigenvalue weighted by Gasteiger charge is -2.40. The van der Waals surface area contributed by atoms with E-state index in [4.69, 9.17) is 14.2 Å². The Hall–Kier alpha value is -3.32. The Morgan fingerprint density at radius 3 is 1.66 bits per heavy atom. The average Bonchev–Trinajstić information content (AvgIpc) is 2.90. The highest BCUT2D eigenvalue weighted by Crippen LogP contribution is 2.29. The van der Waals surface area contributed by atoms with Gasteiger partial charge >= 0.3 is 12.2 Å². The fraction of sp³-hybridized carbons (Fsp3) is 0.529. The van der Waals surface area contributed by atoms with Gasteiger partial charge in [0.05, 0.1) is 13.2 Å². The molecule has 0 N–H and O–H groups in total. The third-order valence-electron chi connectivity index (χ3n) is 6.69. The Labute approximate surface area is 247 Å². The number of ether oxygens (including phenoxy) is 3. The van der Waals surface area contributed by atoms with Gasteiger partial charge in [-0.05, 0) is 63.2 Å². The van der Waals surface area contributed by atoms with Crippen LogP contribution in [0.1, 0.15) is 72.9 Å². The fourth-order valence-corrected chi connectivity index (χ4v) is 5.04. The Morgan fingerprint density at radius 1 is 0.780 bits per heavy atom. The van der Waals surface area contributed by atoms with Crippen molar-refractivity contribution in [3.05, 3.63) is 83.6 Å². The SMILES string of the molecule is COC(=O)O/C(=C\C(C)C)[C@@H](OC(=O)N(C(C)C)C(C)C)[C@H](CC(C)C)N(Cc1ccccc1)Cc1ccccc1. The lowest BCUT2D eigenvalue weighted by molar-refractivity contribution is -0.0197. The Bertz CT molecular complexity index is 1030. The van der Waals surface area contributed by atoms with Gasteiger partial charge in [0.25, 0.3) is 0 Å². The second-order valence-electron chi connectivity index (χ2n) is 11.8. The van der Waals surface area contributed by atoms with Gasteiger partial charge in [-0.15, -0.1) is 0 Å². The number of rotatable bonds is 14. The van der Waals surface area contributed by atoms with Crippen molar-refractivity contribution in [2.75, 3.05) is 7.11 Å². The molecule has 2 aromatic rings. The van der Waals surface area contributed by atoms with Crippen LogP contribution >= 0.6 is 0 Å². The number of allylic oxidation sites excluding steroid dienone is 1. The van der Waals surface area contributed by atoms with Gasteiger partial charge in [-0.3, -0.25) is 4.90 Å². The molecule has 0 unspecified atom stereocenters. The summed E-state index contributed by atoms with van der Waals surface area (Å²) in [5.41, 5.74) is 2.27. The van der Waals surface area contributed by atoms with E-state index in [0.717, 1.165) is 11.1 Å². The van der Waals surface area contributed by atoms with Gasteiger partial charge in [-0.25, -0.2) is 9.59 Å². The van der Waals surface area contributed by atoms with Crippen molar-refractivity contribution < 1.29 is 23.8 Å².